The van der Waals surface area contributed by atoms with Gasteiger partial charge >= 0.3 is 5.97 Å². The molecule has 0 spiro atoms. The van der Waals surface area contributed by atoms with Crippen molar-refractivity contribution in [2.75, 3.05) is 4.72 Å². The van der Waals surface area contributed by atoms with E-state index in [1.54, 1.807) is 24.3 Å². The number of anilines is 1. The highest BCUT2D eigenvalue weighted by Crippen LogP contribution is 2.28. The van der Waals surface area contributed by atoms with Crippen molar-refractivity contribution in [3.8, 4) is 11.1 Å². The van der Waals surface area contributed by atoms with Gasteiger partial charge < -0.3 is 5.11 Å². The number of benzene rings is 2. The van der Waals surface area contributed by atoms with Crippen LogP contribution in [0.4, 0.5) is 5.69 Å². The Hall–Kier alpha value is -2.61. The summed E-state index contributed by atoms with van der Waals surface area (Å²) in [4.78, 5) is 15.2. The minimum absolute atomic E-state index is 0.137. The minimum atomic E-state index is -4.14. The Balaban J connectivity index is 2.07. The Bertz CT molecular complexity index is 1100. The number of carboxylic acids is 1. The van der Waals surface area contributed by atoms with Gasteiger partial charge in [0.2, 0.25) is 0 Å². The van der Waals surface area contributed by atoms with E-state index in [1.807, 2.05) is 6.07 Å². The van der Waals surface area contributed by atoms with Crippen molar-refractivity contribution in [1.82, 2.24) is 4.98 Å². The first kappa shape index (κ1) is 19.2. The monoisotopic (exact) mass is 422 g/mol. The third kappa shape index (κ3) is 4.39. The summed E-state index contributed by atoms with van der Waals surface area (Å²) >= 11 is 11.7. The van der Waals surface area contributed by atoms with Gasteiger partial charge in [0.1, 0.15) is 0 Å². The van der Waals surface area contributed by atoms with Crippen LogP contribution >= 0.6 is 23.2 Å². The molecular formula is C18H12Cl2N2O4S. The Kier molecular flexibility index (Phi) is 5.36. The van der Waals surface area contributed by atoms with E-state index in [2.05, 4.69) is 9.71 Å². The first-order chi connectivity index (χ1) is 12.8. The van der Waals surface area contributed by atoms with Crippen LogP contribution in [0, 0.1) is 0 Å². The number of nitrogens with one attached hydrogen (secondary N) is 1. The summed E-state index contributed by atoms with van der Waals surface area (Å²) in [5.41, 5.74) is 0.724. The Labute approximate surface area is 165 Å². The molecule has 0 saturated heterocycles. The molecule has 0 aliphatic rings. The lowest BCUT2D eigenvalue weighted by Gasteiger charge is -2.12. The second kappa shape index (κ2) is 7.56. The number of nitrogens with zero attached hydrogens (tertiary/aromatic N) is 1. The summed E-state index contributed by atoms with van der Waals surface area (Å²) in [7, 11) is -4.14. The first-order valence-corrected chi connectivity index (χ1v) is 9.78. The highest BCUT2D eigenvalue weighted by atomic mass is 35.5. The molecule has 138 valence electrons. The van der Waals surface area contributed by atoms with Gasteiger partial charge in [0.05, 0.1) is 10.6 Å². The summed E-state index contributed by atoms with van der Waals surface area (Å²) < 4.78 is 27.6. The van der Waals surface area contributed by atoms with E-state index in [0.717, 1.165) is 5.56 Å². The summed E-state index contributed by atoms with van der Waals surface area (Å²) in [6, 6.07) is 14.3. The van der Waals surface area contributed by atoms with E-state index >= 15 is 0 Å². The maximum atomic E-state index is 12.7. The fourth-order valence-corrected chi connectivity index (χ4v) is 4.17. The average molecular weight is 423 g/mol. The van der Waals surface area contributed by atoms with E-state index in [-0.39, 0.29) is 20.6 Å². The van der Waals surface area contributed by atoms with Crippen LogP contribution in [0.25, 0.3) is 11.1 Å². The number of halogens is 2. The maximum absolute atomic E-state index is 12.7. The van der Waals surface area contributed by atoms with Gasteiger partial charge in [0.15, 0.2) is 5.69 Å². The molecule has 0 amide bonds. The molecule has 0 bridgehead atoms. The summed E-state index contributed by atoms with van der Waals surface area (Å²) in [6.07, 6.45) is 1.37. The number of hydrogen-bond donors (Lipinski definition) is 2. The number of carboxylic acid groups (broad SMARTS) is 1. The molecule has 3 aromatic rings. The molecule has 0 saturated carbocycles. The molecule has 1 aromatic heterocycles. The average Bonchev–Trinajstić information content (AvgIpc) is 2.61. The van der Waals surface area contributed by atoms with Crippen LogP contribution in [0.1, 0.15) is 10.5 Å². The van der Waals surface area contributed by atoms with Gasteiger partial charge in [-0.2, -0.15) is 0 Å². The lowest BCUT2D eigenvalue weighted by Crippen LogP contribution is -2.16. The number of aromatic nitrogens is 1. The number of sulfonamides is 1. The van der Waals surface area contributed by atoms with Crippen molar-refractivity contribution in [1.29, 1.82) is 0 Å². The number of pyridine rings is 1. The normalized spacial score (nSPS) is 11.2. The second-order valence-electron chi connectivity index (χ2n) is 5.50. The van der Waals surface area contributed by atoms with E-state index < -0.39 is 21.7 Å². The highest BCUT2D eigenvalue weighted by molar-refractivity contribution is 7.92. The van der Waals surface area contributed by atoms with Gasteiger partial charge in [-0.3, -0.25) is 4.72 Å². The lowest BCUT2D eigenvalue weighted by atomic mass is 10.1. The van der Waals surface area contributed by atoms with Gasteiger partial charge in [-0.15, -0.1) is 0 Å². The van der Waals surface area contributed by atoms with E-state index in [4.69, 9.17) is 23.2 Å². The number of hydrogen-bond acceptors (Lipinski definition) is 4. The van der Waals surface area contributed by atoms with Crippen molar-refractivity contribution in [3.05, 3.63) is 76.5 Å². The van der Waals surface area contributed by atoms with Crippen LogP contribution in [-0.2, 0) is 10.0 Å². The molecular weight excluding hydrogens is 411 g/mol. The van der Waals surface area contributed by atoms with Crippen molar-refractivity contribution < 1.29 is 18.3 Å². The van der Waals surface area contributed by atoms with Crippen LogP contribution in [-0.4, -0.2) is 24.5 Å². The van der Waals surface area contributed by atoms with Crippen LogP contribution < -0.4 is 4.72 Å². The number of aromatic carboxylic acids is 1. The SMILES string of the molecule is O=C(O)c1ncc(-c2ccccc2)cc1NS(=O)(=O)c1cc(Cl)cc(Cl)c1. The van der Waals surface area contributed by atoms with E-state index in [1.165, 1.54) is 30.5 Å². The molecule has 0 atom stereocenters. The molecule has 0 unspecified atom stereocenters. The molecule has 0 aliphatic carbocycles. The van der Waals surface area contributed by atoms with Gasteiger partial charge in [-0.05, 0) is 29.8 Å². The molecule has 27 heavy (non-hydrogen) atoms. The second-order valence-corrected chi connectivity index (χ2v) is 8.06. The van der Waals surface area contributed by atoms with E-state index in [0.29, 0.717) is 5.56 Å². The third-order valence-corrected chi connectivity index (χ3v) is 5.37. The molecule has 9 heteroatoms. The Morgan fingerprint density at radius 1 is 0.963 bits per heavy atom. The standard InChI is InChI=1S/C18H12Cl2N2O4S/c19-13-7-14(20)9-15(8-13)27(25,26)22-16-6-12(10-21-17(16)18(23)24)11-4-2-1-3-5-11/h1-10,22H,(H,23,24). The predicted molar refractivity (Wildman–Crippen MR) is 104 cm³/mol. The topological polar surface area (TPSA) is 96.4 Å². The molecule has 0 aliphatic heterocycles. The van der Waals surface area contributed by atoms with Crippen LogP contribution in [0.5, 0.6) is 0 Å². The zero-order valence-electron chi connectivity index (χ0n) is 13.6. The van der Waals surface area contributed by atoms with Crippen LogP contribution in [0.2, 0.25) is 10.0 Å². The van der Waals surface area contributed by atoms with E-state index in [9.17, 15) is 18.3 Å². The van der Waals surface area contributed by atoms with Gasteiger partial charge in [0, 0.05) is 21.8 Å². The predicted octanol–water partition coefficient (Wildman–Crippen LogP) is 4.55. The number of carbonyl (C=O) groups is 1. The smallest absolute Gasteiger partial charge is 0.356 e. The van der Waals surface area contributed by atoms with Crippen molar-refractivity contribution in [2.45, 2.75) is 4.90 Å². The van der Waals surface area contributed by atoms with Gasteiger partial charge in [-0.25, -0.2) is 18.2 Å². The third-order valence-electron chi connectivity index (χ3n) is 3.59. The molecule has 1 heterocycles. The lowest BCUT2D eigenvalue weighted by molar-refractivity contribution is 0.0692. The molecule has 0 fully saturated rings. The fraction of sp³-hybridized carbons (Fsp3) is 0. The van der Waals surface area contributed by atoms with Crippen molar-refractivity contribution >= 4 is 44.9 Å². The van der Waals surface area contributed by atoms with Gasteiger partial charge in [-0.1, -0.05) is 53.5 Å². The molecule has 2 aromatic carbocycles. The molecule has 3 rings (SSSR count). The molecule has 0 radical (unpaired) electrons. The zero-order valence-corrected chi connectivity index (χ0v) is 15.9. The summed E-state index contributed by atoms with van der Waals surface area (Å²) in [6.45, 7) is 0. The van der Waals surface area contributed by atoms with Crippen LogP contribution in [0.15, 0.2) is 65.7 Å². The number of rotatable bonds is 5. The molecule has 6 nitrogen and oxygen atoms in total. The minimum Gasteiger partial charge on any atom is -0.476 e. The zero-order chi connectivity index (χ0) is 19.6. The van der Waals surface area contributed by atoms with Crippen molar-refractivity contribution in [2.24, 2.45) is 0 Å². The summed E-state index contributed by atoms with van der Waals surface area (Å²) in [5, 5.41) is 9.62. The maximum Gasteiger partial charge on any atom is 0.356 e. The first-order valence-electron chi connectivity index (χ1n) is 7.54. The Morgan fingerprint density at radius 2 is 1.59 bits per heavy atom. The summed E-state index contributed by atoms with van der Waals surface area (Å²) in [5.74, 6) is -1.36. The van der Waals surface area contributed by atoms with Crippen molar-refractivity contribution in [3.63, 3.8) is 0 Å². The van der Waals surface area contributed by atoms with Crippen LogP contribution in [0.3, 0.4) is 0 Å². The largest absolute Gasteiger partial charge is 0.476 e. The fourth-order valence-electron chi connectivity index (χ4n) is 2.39. The molecule has 2 N–H and O–H groups in total. The quantitative estimate of drug-likeness (QED) is 0.628. The van der Waals surface area contributed by atoms with Gasteiger partial charge in [0.25, 0.3) is 10.0 Å². The Morgan fingerprint density at radius 3 is 2.19 bits per heavy atom. The highest BCUT2D eigenvalue weighted by Gasteiger charge is 2.21.